The van der Waals surface area contributed by atoms with Crippen molar-refractivity contribution in [2.45, 2.75) is 37.1 Å². The molecule has 0 saturated carbocycles. The summed E-state index contributed by atoms with van der Waals surface area (Å²) >= 11 is 0. The summed E-state index contributed by atoms with van der Waals surface area (Å²) in [5.74, 6) is -5.55. The van der Waals surface area contributed by atoms with Gasteiger partial charge in [-0.05, 0) is 35.7 Å². The smallest absolute Gasteiger partial charge is 0.263 e. The number of hydrogen-bond acceptors (Lipinski definition) is 5. The molecule has 39 heavy (non-hydrogen) atoms. The first kappa shape index (κ1) is 27.8. The van der Waals surface area contributed by atoms with Gasteiger partial charge < -0.3 is 15.7 Å². The van der Waals surface area contributed by atoms with Gasteiger partial charge in [0, 0.05) is 19.0 Å². The van der Waals surface area contributed by atoms with Gasteiger partial charge in [0.25, 0.3) is 5.91 Å². The lowest BCUT2D eigenvalue weighted by Crippen LogP contribution is -2.58. The molecule has 0 bridgehead atoms. The average Bonchev–Trinajstić information content (AvgIpc) is 3.05. The molecule has 0 spiro atoms. The van der Waals surface area contributed by atoms with Crippen molar-refractivity contribution >= 4 is 17.7 Å². The van der Waals surface area contributed by atoms with E-state index in [1.165, 1.54) is 11.8 Å². The number of imide groups is 1. The van der Waals surface area contributed by atoms with E-state index in [-0.39, 0.29) is 0 Å². The number of nitrogens with zero attached hydrogens (tertiary/aromatic N) is 2. The molecule has 0 unspecified atom stereocenters. The molecular weight excluding hydrogens is 504 g/mol. The van der Waals surface area contributed by atoms with Gasteiger partial charge in [0.2, 0.25) is 11.8 Å². The molecule has 1 aliphatic rings. The number of aliphatic hydroxyl groups excluding tert-OH is 1. The van der Waals surface area contributed by atoms with Crippen molar-refractivity contribution in [3.63, 3.8) is 0 Å². The summed E-state index contributed by atoms with van der Waals surface area (Å²) in [5.41, 5.74) is 6.95. The summed E-state index contributed by atoms with van der Waals surface area (Å²) in [6.45, 7) is 1.35. The number of carbonyl (C=O) groups is 3. The monoisotopic (exact) mass is 533 g/mol. The fraction of sp³-hybridized carbons (Fsp3) is 0.233. The minimum absolute atomic E-state index is 0.400. The molecule has 3 amide bonds. The standard InChI is InChI=1S/C30H29F2N3O4/c1-18(33)28(37)35(30(39)27(36)21-15-22(31)17-23(32)16-21)26-24(19-9-5-3-6-10-19)13-14-25(34(2)29(26)38)20-11-7-4-8-12-20/h3-18,24-27,36H,33H2,1-2H3/t18-,24+,25+,26-,27+/m0/s1. The number of hydrogen-bond donors (Lipinski definition) is 2. The molecule has 3 N–H and O–H groups in total. The van der Waals surface area contributed by atoms with E-state index in [9.17, 15) is 28.3 Å². The summed E-state index contributed by atoms with van der Waals surface area (Å²) in [6.07, 6.45) is 1.44. The Labute approximate surface area is 225 Å². The summed E-state index contributed by atoms with van der Waals surface area (Å²) in [5, 5.41) is 10.9. The molecule has 202 valence electrons. The van der Waals surface area contributed by atoms with Crippen LogP contribution in [-0.2, 0) is 14.4 Å². The van der Waals surface area contributed by atoms with Crippen molar-refractivity contribution < 1.29 is 28.3 Å². The van der Waals surface area contributed by atoms with Crippen LogP contribution in [0, 0.1) is 11.6 Å². The second-order valence-electron chi connectivity index (χ2n) is 9.51. The van der Waals surface area contributed by atoms with Crippen LogP contribution in [0.25, 0.3) is 0 Å². The molecule has 0 aliphatic carbocycles. The third-order valence-corrected chi connectivity index (χ3v) is 6.76. The minimum atomic E-state index is -2.13. The molecule has 9 heteroatoms. The Kier molecular flexibility index (Phi) is 8.32. The van der Waals surface area contributed by atoms with Gasteiger partial charge in [-0.1, -0.05) is 72.8 Å². The zero-order valence-corrected chi connectivity index (χ0v) is 21.4. The van der Waals surface area contributed by atoms with Crippen molar-refractivity contribution in [3.8, 4) is 0 Å². The topological polar surface area (TPSA) is 104 Å². The van der Waals surface area contributed by atoms with Gasteiger partial charge in [0.05, 0.1) is 12.1 Å². The molecule has 5 atom stereocenters. The molecule has 4 rings (SSSR count). The highest BCUT2D eigenvalue weighted by molar-refractivity contribution is 6.04. The predicted molar refractivity (Wildman–Crippen MR) is 141 cm³/mol. The summed E-state index contributed by atoms with van der Waals surface area (Å²) in [4.78, 5) is 43.5. The molecule has 3 aromatic rings. The van der Waals surface area contributed by atoms with E-state index in [2.05, 4.69) is 0 Å². The van der Waals surface area contributed by atoms with Crippen LogP contribution in [0.2, 0.25) is 0 Å². The Morgan fingerprint density at radius 3 is 1.97 bits per heavy atom. The van der Waals surface area contributed by atoms with E-state index >= 15 is 0 Å². The lowest BCUT2D eigenvalue weighted by atomic mass is 9.88. The Morgan fingerprint density at radius 2 is 1.44 bits per heavy atom. The maximum Gasteiger partial charge on any atom is 0.263 e. The molecule has 0 fully saturated rings. The fourth-order valence-electron chi connectivity index (χ4n) is 4.79. The minimum Gasteiger partial charge on any atom is -0.378 e. The van der Waals surface area contributed by atoms with Crippen LogP contribution >= 0.6 is 0 Å². The fourth-order valence-corrected chi connectivity index (χ4v) is 4.79. The summed E-state index contributed by atoms with van der Waals surface area (Å²) < 4.78 is 27.8. The number of nitrogens with two attached hydrogens (primary N) is 1. The molecule has 0 radical (unpaired) electrons. The third-order valence-electron chi connectivity index (χ3n) is 6.76. The van der Waals surface area contributed by atoms with Crippen LogP contribution in [0.5, 0.6) is 0 Å². The normalized spacial score (nSPS) is 20.7. The Balaban J connectivity index is 1.86. The zero-order chi connectivity index (χ0) is 28.3. The third kappa shape index (κ3) is 5.79. The highest BCUT2D eigenvalue weighted by Crippen LogP contribution is 2.36. The second-order valence-corrected chi connectivity index (χ2v) is 9.51. The maximum atomic E-state index is 14.2. The summed E-state index contributed by atoms with van der Waals surface area (Å²) in [7, 11) is 1.56. The number of amides is 3. The molecule has 7 nitrogen and oxygen atoms in total. The maximum absolute atomic E-state index is 14.2. The van der Waals surface area contributed by atoms with Crippen LogP contribution in [0.15, 0.2) is 91.0 Å². The van der Waals surface area contributed by atoms with Crippen LogP contribution < -0.4 is 5.73 Å². The first-order valence-electron chi connectivity index (χ1n) is 12.4. The highest BCUT2D eigenvalue weighted by atomic mass is 19.1. The molecular formula is C30H29F2N3O4. The number of carbonyl (C=O) groups excluding carboxylic acids is 3. The van der Waals surface area contributed by atoms with Crippen LogP contribution in [-0.4, -0.2) is 51.8 Å². The van der Waals surface area contributed by atoms with E-state index in [4.69, 9.17) is 5.73 Å². The average molecular weight is 534 g/mol. The van der Waals surface area contributed by atoms with Gasteiger partial charge >= 0.3 is 0 Å². The van der Waals surface area contributed by atoms with Gasteiger partial charge in [-0.3, -0.25) is 19.3 Å². The van der Waals surface area contributed by atoms with Gasteiger partial charge in [-0.15, -0.1) is 0 Å². The van der Waals surface area contributed by atoms with E-state index in [0.29, 0.717) is 16.5 Å². The van der Waals surface area contributed by atoms with Gasteiger partial charge in [-0.25, -0.2) is 8.78 Å². The Bertz CT molecular complexity index is 1360. The van der Waals surface area contributed by atoms with Crippen molar-refractivity contribution in [2.24, 2.45) is 5.73 Å². The van der Waals surface area contributed by atoms with Crippen molar-refractivity contribution in [2.75, 3.05) is 7.05 Å². The van der Waals surface area contributed by atoms with E-state index in [1.54, 1.807) is 43.5 Å². The van der Waals surface area contributed by atoms with Crippen LogP contribution in [0.3, 0.4) is 0 Å². The van der Waals surface area contributed by atoms with Crippen LogP contribution in [0.4, 0.5) is 8.78 Å². The molecule has 1 heterocycles. The first-order chi connectivity index (χ1) is 18.6. The Hall–Kier alpha value is -4.21. The lowest BCUT2D eigenvalue weighted by Gasteiger charge is -2.37. The number of halogens is 2. The van der Waals surface area contributed by atoms with Gasteiger partial charge in [0.15, 0.2) is 6.10 Å². The SMILES string of the molecule is C[C@H](N)C(=O)N(C(=O)[C@H](O)c1cc(F)cc(F)c1)[C@@H]1C(=O)N(C)[C@@H](c2ccccc2)C=C[C@@H]1c1ccccc1. The van der Waals surface area contributed by atoms with Crippen LogP contribution in [0.1, 0.15) is 41.7 Å². The molecule has 1 aliphatic heterocycles. The van der Waals surface area contributed by atoms with E-state index in [0.717, 1.165) is 17.7 Å². The number of rotatable bonds is 6. The number of benzene rings is 3. The zero-order valence-electron chi connectivity index (χ0n) is 21.4. The summed E-state index contributed by atoms with van der Waals surface area (Å²) in [6, 6.07) is 17.1. The molecule has 3 aromatic carbocycles. The molecule has 0 aromatic heterocycles. The van der Waals surface area contributed by atoms with Crippen molar-refractivity contribution in [1.29, 1.82) is 0 Å². The largest absolute Gasteiger partial charge is 0.378 e. The predicted octanol–water partition coefficient (Wildman–Crippen LogP) is 3.62. The number of aliphatic hydroxyl groups is 1. The van der Waals surface area contributed by atoms with E-state index in [1.807, 2.05) is 36.4 Å². The molecule has 0 saturated heterocycles. The van der Waals surface area contributed by atoms with Gasteiger partial charge in [-0.2, -0.15) is 0 Å². The second kappa shape index (κ2) is 11.7. The lowest BCUT2D eigenvalue weighted by molar-refractivity contribution is -0.160. The number of likely N-dealkylation sites (N-methyl/N-ethyl adjacent to an activating group) is 1. The van der Waals surface area contributed by atoms with Crippen molar-refractivity contribution in [3.05, 3.63) is 119 Å². The Morgan fingerprint density at radius 1 is 0.897 bits per heavy atom. The quantitative estimate of drug-likeness (QED) is 0.471. The first-order valence-corrected chi connectivity index (χ1v) is 12.4. The van der Waals surface area contributed by atoms with E-state index < -0.39 is 65.1 Å². The highest BCUT2D eigenvalue weighted by Gasteiger charge is 2.46. The van der Waals surface area contributed by atoms with Gasteiger partial charge in [0.1, 0.15) is 17.7 Å². The van der Waals surface area contributed by atoms with Crippen molar-refractivity contribution in [1.82, 2.24) is 9.80 Å².